The number of thiophene rings is 1. The largest absolute Gasteiger partial charge is 0.353 e. The van der Waals surface area contributed by atoms with E-state index in [1.54, 1.807) is 11.3 Å². The fourth-order valence-corrected chi connectivity index (χ4v) is 3.44. The molecule has 23 heavy (non-hydrogen) atoms. The maximum Gasteiger partial charge on any atom is 0.191 e. The summed E-state index contributed by atoms with van der Waals surface area (Å²) in [4.78, 5) is 5.92. The van der Waals surface area contributed by atoms with Crippen LogP contribution in [-0.2, 0) is 0 Å². The first-order chi connectivity index (χ1) is 10.8. The van der Waals surface area contributed by atoms with Gasteiger partial charge in [0.25, 0.3) is 0 Å². The minimum atomic E-state index is 0. The van der Waals surface area contributed by atoms with Gasteiger partial charge in [0.1, 0.15) is 0 Å². The van der Waals surface area contributed by atoms with Crippen LogP contribution in [0.2, 0.25) is 0 Å². The van der Waals surface area contributed by atoms with Gasteiger partial charge in [-0.25, -0.2) is 0 Å². The lowest BCUT2D eigenvalue weighted by molar-refractivity contribution is 0.689. The van der Waals surface area contributed by atoms with Crippen LogP contribution in [0.25, 0.3) is 0 Å². The van der Waals surface area contributed by atoms with Crippen molar-refractivity contribution in [2.24, 2.45) is 4.99 Å². The highest BCUT2D eigenvalue weighted by molar-refractivity contribution is 14.0. The Kier molecular flexibility index (Phi) is 6.89. The summed E-state index contributed by atoms with van der Waals surface area (Å²) < 4.78 is 0. The minimum Gasteiger partial charge on any atom is -0.353 e. The van der Waals surface area contributed by atoms with E-state index in [2.05, 4.69) is 77.3 Å². The van der Waals surface area contributed by atoms with Crippen molar-refractivity contribution in [2.75, 3.05) is 6.54 Å². The number of halogens is 1. The second-order valence-corrected chi connectivity index (χ2v) is 6.69. The quantitative estimate of drug-likeness (QED) is 0.406. The van der Waals surface area contributed by atoms with Crippen LogP contribution < -0.4 is 10.6 Å². The molecule has 0 aliphatic heterocycles. The zero-order chi connectivity index (χ0) is 15.4. The molecule has 3 atom stereocenters. The SMILES string of the molecule is CCN=C(NC(C)c1cccs1)NC1CC1c1ccccc1.I. The lowest BCUT2D eigenvalue weighted by Gasteiger charge is -2.17. The Labute approximate surface area is 159 Å². The summed E-state index contributed by atoms with van der Waals surface area (Å²) in [6.07, 6.45) is 1.18. The second kappa shape index (κ2) is 8.68. The van der Waals surface area contributed by atoms with Crippen LogP contribution in [0.3, 0.4) is 0 Å². The number of guanidine groups is 1. The van der Waals surface area contributed by atoms with Crippen LogP contribution >= 0.6 is 35.3 Å². The lowest BCUT2D eigenvalue weighted by atomic mass is 10.1. The normalized spacial score (nSPS) is 21.2. The summed E-state index contributed by atoms with van der Waals surface area (Å²) in [5.41, 5.74) is 1.42. The van der Waals surface area contributed by atoms with Gasteiger partial charge in [0.05, 0.1) is 6.04 Å². The van der Waals surface area contributed by atoms with Crippen molar-refractivity contribution in [2.45, 2.75) is 38.3 Å². The van der Waals surface area contributed by atoms with Crippen molar-refractivity contribution in [1.82, 2.24) is 10.6 Å². The van der Waals surface area contributed by atoms with E-state index >= 15 is 0 Å². The third-order valence-electron chi connectivity index (χ3n) is 3.98. The predicted octanol–water partition coefficient (Wildman–Crippen LogP) is 4.54. The van der Waals surface area contributed by atoms with Crippen molar-refractivity contribution < 1.29 is 0 Å². The molecule has 1 heterocycles. The van der Waals surface area contributed by atoms with Gasteiger partial charge in [-0.2, -0.15) is 0 Å². The van der Waals surface area contributed by atoms with Crippen LogP contribution in [0.1, 0.15) is 42.7 Å². The monoisotopic (exact) mass is 441 g/mol. The van der Waals surface area contributed by atoms with Gasteiger partial charge in [-0.1, -0.05) is 36.4 Å². The molecular formula is C18H24IN3S. The Hall–Kier alpha value is -1.08. The molecule has 1 saturated carbocycles. The van der Waals surface area contributed by atoms with Gasteiger partial charge in [0.2, 0.25) is 0 Å². The van der Waals surface area contributed by atoms with E-state index in [0.29, 0.717) is 12.0 Å². The Morgan fingerprint density at radius 3 is 2.70 bits per heavy atom. The lowest BCUT2D eigenvalue weighted by Crippen LogP contribution is -2.40. The van der Waals surface area contributed by atoms with Crippen molar-refractivity contribution in [1.29, 1.82) is 0 Å². The molecule has 2 aromatic rings. The van der Waals surface area contributed by atoms with Gasteiger partial charge in [-0.05, 0) is 37.3 Å². The highest BCUT2D eigenvalue weighted by atomic mass is 127. The zero-order valence-corrected chi connectivity index (χ0v) is 16.7. The average molecular weight is 441 g/mol. The van der Waals surface area contributed by atoms with E-state index in [1.807, 2.05) is 0 Å². The van der Waals surface area contributed by atoms with E-state index < -0.39 is 0 Å². The molecule has 1 aliphatic rings. The van der Waals surface area contributed by atoms with E-state index in [9.17, 15) is 0 Å². The molecule has 0 amide bonds. The van der Waals surface area contributed by atoms with Gasteiger partial charge in [-0.3, -0.25) is 4.99 Å². The fourth-order valence-electron chi connectivity index (χ4n) is 2.70. The van der Waals surface area contributed by atoms with E-state index in [1.165, 1.54) is 16.9 Å². The average Bonchev–Trinajstić information content (AvgIpc) is 3.08. The van der Waals surface area contributed by atoms with Crippen molar-refractivity contribution in [3.63, 3.8) is 0 Å². The highest BCUT2D eigenvalue weighted by Crippen LogP contribution is 2.40. The summed E-state index contributed by atoms with van der Waals surface area (Å²) in [6.45, 7) is 5.04. The van der Waals surface area contributed by atoms with E-state index in [4.69, 9.17) is 0 Å². The van der Waals surface area contributed by atoms with Crippen molar-refractivity contribution >= 4 is 41.3 Å². The molecule has 3 nitrogen and oxygen atoms in total. The minimum absolute atomic E-state index is 0. The van der Waals surface area contributed by atoms with Crippen LogP contribution in [-0.4, -0.2) is 18.5 Å². The van der Waals surface area contributed by atoms with Crippen molar-refractivity contribution in [3.05, 3.63) is 58.3 Å². The summed E-state index contributed by atoms with van der Waals surface area (Å²) in [7, 11) is 0. The molecule has 0 saturated heterocycles. The van der Waals surface area contributed by atoms with Gasteiger partial charge < -0.3 is 10.6 Å². The third kappa shape index (κ3) is 4.94. The summed E-state index contributed by atoms with van der Waals surface area (Å²) in [5, 5.41) is 9.20. The van der Waals surface area contributed by atoms with E-state index in [0.717, 1.165) is 12.5 Å². The van der Waals surface area contributed by atoms with Gasteiger partial charge >= 0.3 is 0 Å². The number of hydrogen-bond acceptors (Lipinski definition) is 2. The summed E-state index contributed by atoms with van der Waals surface area (Å²) in [6, 6.07) is 15.8. The van der Waals surface area contributed by atoms with Crippen LogP contribution in [0.4, 0.5) is 0 Å². The highest BCUT2D eigenvalue weighted by Gasteiger charge is 2.39. The smallest absolute Gasteiger partial charge is 0.191 e. The molecule has 3 unspecified atom stereocenters. The number of benzene rings is 1. The van der Waals surface area contributed by atoms with E-state index in [-0.39, 0.29) is 30.0 Å². The molecule has 0 bridgehead atoms. The van der Waals surface area contributed by atoms with Gasteiger partial charge in [-0.15, -0.1) is 35.3 Å². The molecule has 3 rings (SSSR count). The molecule has 1 fully saturated rings. The fraction of sp³-hybridized carbons (Fsp3) is 0.389. The van der Waals surface area contributed by atoms with Crippen LogP contribution in [0, 0.1) is 0 Å². The predicted molar refractivity (Wildman–Crippen MR) is 110 cm³/mol. The first kappa shape index (κ1) is 18.3. The molecule has 1 aromatic carbocycles. The van der Waals surface area contributed by atoms with Crippen LogP contribution in [0.15, 0.2) is 52.8 Å². The Morgan fingerprint density at radius 1 is 1.26 bits per heavy atom. The van der Waals surface area contributed by atoms with Gasteiger partial charge in [0, 0.05) is 23.4 Å². The summed E-state index contributed by atoms with van der Waals surface area (Å²) >= 11 is 1.78. The van der Waals surface area contributed by atoms with Gasteiger partial charge in [0.15, 0.2) is 5.96 Å². The Balaban J connectivity index is 0.00000192. The van der Waals surface area contributed by atoms with Crippen molar-refractivity contribution in [3.8, 4) is 0 Å². The third-order valence-corrected chi connectivity index (χ3v) is 5.03. The Bertz CT molecular complexity index is 612. The zero-order valence-electron chi connectivity index (χ0n) is 13.5. The maximum absolute atomic E-state index is 4.58. The second-order valence-electron chi connectivity index (χ2n) is 5.71. The first-order valence-corrected chi connectivity index (χ1v) is 8.81. The number of nitrogens with one attached hydrogen (secondary N) is 2. The number of nitrogens with zero attached hydrogens (tertiary/aromatic N) is 1. The number of rotatable bonds is 5. The molecular weight excluding hydrogens is 417 g/mol. The number of aliphatic imine (C=N–C) groups is 1. The topological polar surface area (TPSA) is 36.4 Å². The molecule has 0 spiro atoms. The Morgan fingerprint density at radius 2 is 2.04 bits per heavy atom. The molecule has 2 N–H and O–H groups in total. The van der Waals surface area contributed by atoms with Crippen LogP contribution in [0.5, 0.6) is 0 Å². The molecule has 124 valence electrons. The standard InChI is InChI=1S/C18H23N3S.HI/c1-3-19-18(20-13(2)17-10-7-11-22-17)21-16-12-15(16)14-8-5-4-6-9-14;/h4-11,13,15-16H,3,12H2,1-2H3,(H2,19,20,21);1H. The molecule has 5 heteroatoms. The first-order valence-electron chi connectivity index (χ1n) is 7.93. The molecule has 1 aromatic heterocycles. The molecule has 0 radical (unpaired) electrons. The maximum atomic E-state index is 4.58. The summed E-state index contributed by atoms with van der Waals surface area (Å²) in [5.74, 6) is 1.54. The number of hydrogen-bond donors (Lipinski definition) is 2. The molecule has 1 aliphatic carbocycles.